The van der Waals surface area contributed by atoms with Crippen molar-refractivity contribution in [3.63, 3.8) is 0 Å². The van der Waals surface area contributed by atoms with Gasteiger partial charge in [-0.05, 0) is 35.7 Å². The molecular formula is C23H25ClN4OS. The molecule has 0 atom stereocenters. The largest absolute Gasteiger partial charge is 0.352 e. The Morgan fingerprint density at radius 1 is 1.20 bits per heavy atom. The maximum atomic E-state index is 12.2. The van der Waals surface area contributed by atoms with Gasteiger partial charge >= 0.3 is 0 Å². The van der Waals surface area contributed by atoms with Crippen molar-refractivity contribution in [3.05, 3.63) is 77.3 Å². The predicted octanol–water partition coefficient (Wildman–Crippen LogP) is 5.46. The molecule has 0 aliphatic heterocycles. The van der Waals surface area contributed by atoms with Crippen LogP contribution in [0.15, 0.2) is 66.3 Å². The molecule has 5 nitrogen and oxygen atoms in total. The van der Waals surface area contributed by atoms with Crippen LogP contribution in [0.5, 0.6) is 0 Å². The van der Waals surface area contributed by atoms with Gasteiger partial charge in [-0.15, -0.1) is 16.8 Å². The Morgan fingerprint density at radius 3 is 2.60 bits per heavy atom. The van der Waals surface area contributed by atoms with Gasteiger partial charge in [-0.1, -0.05) is 67.6 Å². The summed E-state index contributed by atoms with van der Waals surface area (Å²) in [6.07, 6.45) is 1.82. The van der Waals surface area contributed by atoms with Crippen molar-refractivity contribution in [1.82, 2.24) is 20.1 Å². The lowest BCUT2D eigenvalue weighted by atomic mass is 10.1. The molecule has 0 radical (unpaired) electrons. The van der Waals surface area contributed by atoms with Gasteiger partial charge in [0.25, 0.3) is 5.91 Å². The first-order valence-electron chi connectivity index (χ1n) is 9.78. The Bertz CT molecular complexity index is 1010. The standard InChI is InChI=1S/C23H25ClN4OS/c1-4-13-28-21(19-7-5-6-8-20(19)24)26-27-23(28)30-15-17-9-11-18(12-10-17)22(29)25-14-16(2)3/h4-12,16H,1,13-15H2,2-3H3,(H,25,29). The van der Waals surface area contributed by atoms with Crippen LogP contribution in [-0.4, -0.2) is 27.2 Å². The Kier molecular flexibility index (Phi) is 7.71. The molecule has 30 heavy (non-hydrogen) atoms. The monoisotopic (exact) mass is 440 g/mol. The fourth-order valence-electron chi connectivity index (χ4n) is 2.83. The summed E-state index contributed by atoms with van der Waals surface area (Å²) >= 11 is 7.93. The van der Waals surface area contributed by atoms with Crippen LogP contribution in [0, 0.1) is 5.92 Å². The molecule has 0 aliphatic carbocycles. The second-order valence-electron chi connectivity index (χ2n) is 7.27. The number of hydrogen-bond donors (Lipinski definition) is 1. The van der Waals surface area contributed by atoms with Crippen LogP contribution in [0.25, 0.3) is 11.4 Å². The van der Waals surface area contributed by atoms with E-state index in [0.717, 1.165) is 22.1 Å². The molecule has 1 N–H and O–H groups in total. The molecule has 2 aromatic carbocycles. The number of benzene rings is 2. The molecule has 3 rings (SSSR count). The summed E-state index contributed by atoms with van der Waals surface area (Å²) in [4.78, 5) is 12.2. The zero-order valence-corrected chi connectivity index (χ0v) is 18.7. The first-order chi connectivity index (χ1) is 14.5. The van der Waals surface area contributed by atoms with Crippen molar-refractivity contribution in [2.45, 2.75) is 31.3 Å². The molecule has 0 spiro atoms. The van der Waals surface area contributed by atoms with Crippen LogP contribution in [0.1, 0.15) is 29.8 Å². The summed E-state index contributed by atoms with van der Waals surface area (Å²) in [5, 5.41) is 13.1. The van der Waals surface area contributed by atoms with Gasteiger partial charge < -0.3 is 5.32 Å². The van der Waals surface area contributed by atoms with Gasteiger partial charge in [-0.25, -0.2) is 0 Å². The number of carbonyl (C=O) groups excluding carboxylic acids is 1. The highest BCUT2D eigenvalue weighted by Gasteiger charge is 2.16. The smallest absolute Gasteiger partial charge is 0.251 e. The summed E-state index contributed by atoms with van der Waals surface area (Å²) in [6, 6.07) is 15.3. The third kappa shape index (κ3) is 5.52. The van der Waals surface area contributed by atoms with Crippen molar-refractivity contribution in [3.8, 4) is 11.4 Å². The zero-order valence-electron chi connectivity index (χ0n) is 17.1. The minimum absolute atomic E-state index is 0.0435. The van der Waals surface area contributed by atoms with Crippen molar-refractivity contribution < 1.29 is 4.79 Å². The van der Waals surface area contributed by atoms with Crippen LogP contribution >= 0.6 is 23.4 Å². The number of amides is 1. The first-order valence-corrected chi connectivity index (χ1v) is 11.1. The van der Waals surface area contributed by atoms with Crippen molar-refractivity contribution >= 4 is 29.3 Å². The summed E-state index contributed by atoms with van der Waals surface area (Å²) in [5.41, 5.74) is 2.62. The summed E-state index contributed by atoms with van der Waals surface area (Å²) in [6.45, 7) is 9.25. The van der Waals surface area contributed by atoms with E-state index in [-0.39, 0.29) is 5.91 Å². The predicted molar refractivity (Wildman–Crippen MR) is 124 cm³/mol. The van der Waals surface area contributed by atoms with Gasteiger partial charge in [0.15, 0.2) is 11.0 Å². The topological polar surface area (TPSA) is 59.8 Å². The number of nitrogens with zero attached hydrogens (tertiary/aromatic N) is 3. The molecule has 1 aromatic heterocycles. The summed E-state index contributed by atoms with van der Waals surface area (Å²) < 4.78 is 2.01. The van der Waals surface area contributed by atoms with Crippen LogP contribution in [0.3, 0.4) is 0 Å². The average Bonchev–Trinajstić information content (AvgIpc) is 3.14. The molecule has 0 saturated carbocycles. The van der Waals surface area contributed by atoms with Crippen LogP contribution < -0.4 is 5.32 Å². The highest BCUT2D eigenvalue weighted by atomic mass is 35.5. The lowest BCUT2D eigenvalue weighted by Gasteiger charge is -2.09. The van der Waals surface area contributed by atoms with E-state index in [1.807, 2.05) is 59.2 Å². The number of rotatable bonds is 9. The van der Waals surface area contributed by atoms with E-state index >= 15 is 0 Å². The number of aromatic nitrogens is 3. The van der Waals surface area contributed by atoms with E-state index in [2.05, 4.69) is 35.9 Å². The molecule has 0 fully saturated rings. The van der Waals surface area contributed by atoms with Gasteiger partial charge in [0.1, 0.15) is 0 Å². The van der Waals surface area contributed by atoms with Gasteiger partial charge in [-0.2, -0.15) is 0 Å². The number of thioether (sulfide) groups is 1. The van der Waals surface area contributed by atoms with E-state index in [9.17, 15) is 4.79 Å². The quantitative estimate of drug-likeness (QED) is 0.354. The zero-order chi connectivity index (χ0) is 21.5. The molecule has 156 valence electrons. The molecule has 0 aliphatic rings. The highest BCUT2D eigenvalue weighted by Crippen LogP contribution is 2.30. The first kappa shape index (κ1) is 22.1. The SMILES string of the molecule is C=CCn1c(SCc2ccc(C(=O)NCC(C)C)cc2)nnc1-c1ccccc1Cl. The normalized spacial score (nSPS) is 10.9. The van der Waals surface area contributed by atoms with Crippen molar-refractivity contribution in [2.24, 2.45) is 5.92 Å². The fourth-order valence-corrected chi connectivity index (χ4v) is 3.95. The van der Waals surface area contributed by atoms with Crippen LogP contribution in [-0.2, 0) is 12.3 Å². The molecular weight excluding hydrogens is 416 g/mol. The van der Waals surface area contributed by atoms with Crippen molar-refractivity contribution in [2.75, 3.05) is 6.54 Å². The third-order valence-electron chi connectivity index (χ3n) is 4.40. The number of halogens is 1. The lowest BCUT2D eigenvalue weighted by molar-refractivity contribution is 0.0949. The molecule has 0 bridgehead atoms. The maximum absolute atomic E-state index is 12.2. The van der Waals surface area contributed by atoms with Gasteiger partial charge in [-0.3, -0.25) is 9.36 Å². The Balaban J connectivity index is 1.71. The number of carbonyl (C=O) groups is 1. The Labute approximate surface area is 186 Å². The fraction of sp³-hybridized carbons (Fsp3) is 0.261. The summed E-state index contributed by atoms with van der Waals surface area (Å²) in [5.74, 6) is 1.82. The van der Waals surface area contributed by atoms with E-state index in [0.29, 0.717) is 35.3 Å². The highest BCUT2D eigenvalue weighted by molar-refractivity contribution is 7.98. The Hall–Kier alpha value is -2.57. The number of nitrogens with one attached hydrogen (secondary N) is 1. The number of hydrogen-bond acceptors (Lipinski definition) is 4. The molecule has 0 unspecified atom stereocenters. The van der Waals surface area contributed by atoms with E-state index in [4.69, 9.17) is 11.6 Å². The van der Waals surface area contributed by atoms with Gasteiger partial charge in [0, 0.05) is 30.0 Å². The molecule has 1 heterocycles. The van der Waals surface area contributed by atoms with Gasteiger partial charge in [0.2, 0.25) is 0 Å². The molecule has 7 heteroatoms. The van der Waals surface area contributed by atoms with E-state index in [1.54, 1.807) is 11.8 Å². The number of allylic oxidation sites excluding steroid dienone is 1. The van der Waals surface area contributed by atoms with E-state index in [1.165, 1.54) is 0 Å². The minimum Gasteiger partial charge on any atom is -0.352 e. The lowest BCUT2D eigenvalue weighted by Crippen LogP contribution is -2.27. The minimum atomic E-state index is -0.0435. The Morgan fingerprint density at radius 2 is 1.93 bits per heavy atom. The summed E-state index contributed by atoms with van der Waals surface area (Å²) in [7, 11) is 0. The van der Waals surface area contributed by atoms with E-state index < -0.39 is 0 Å². The average molecular weight is 441 g/mol. The van der Waals surface area contributed by atoms with Crippen LogP contribution in [0.2, 0.25) is 5.02 Å². The maximum Gasteiger partial charge on any atom is 0.251 e. The van der Waals surface area contributed by atoms with Gasteiger partial charge in [0.05, 0.1) is 5.02 Å². The second-order valence-corrected chi connectivity index (χ2v) is 8.62. The molecule has 0 saturated heterocycles. The molecule has 3 aromatic rings. The molecule has 1 amide bonds. The third-order valence-corrected chi connectivity index (χ3v) is 5.77. The van der Waals surface area contributed by atoms with Crippen LogP contribution in [0.4, 0.5) is 0 Å². The van der Waals surface area contributed by atoms with Crippen molar-refractivity contribution in [1.29, 1.82) is 0 Å². The second kappa shape index (κ2) is 10.5.